The third-order valence-corrected chi connectivity index (χ3v) is 3.04. The maximum atomic E-state index is 12.0. The minimum Gasteiger partial charge on any atom is -0.377 e. The van der Waals surface area contributed by atoms with Gasteiger partial charge in [0.2, 0.25) is 0 Å². The van der Waals surface area contributed by atoms with Crippen LogP contribution in [0.4, 0.5) is 5.13 Å². The lowest BCUT2D eigenvalue weighted by Gasteiger charge is -2.32. The summed E-state index contributed by atoms with van der Waals surface area (Å²) in [7, 11) is 0. The summed E-state index contributed by atoms with van der Waals surface area (Å²) >= 11 is 1.29. The number of morpholine rings is 1. The standard InChI is InChI=1S/C9H13N3O2S/c1-6-4-14-3-2-12(6)8(13)7-5-15-9(10)11-7/h5-6H,2-4H2,1H3,(H2,10,11). The minimum atomic E-state index is -0.0567. The number of hydrogen-bond donors (Lipinski definition) is 1. The third-order valence-electron chi connectivity index (χ3n) is 2.37. The van der Waals surface area contributed by atoms with E-state index in [1.165, 1.54) is 11.3 Å². The van der Waals surface area contributed by atoms with Gasteiger partial charge in [0, 0.05) is 11.9 Å². The molecule has 15 heavy (non-hydrogen) atoms. The predicted molar refractivity (Wildman–Crippen MR) is 57.8 cm³/mol. The van der Waals surface area contributed by atoms with Crippen molar-refractivity contribution in [2.75, 3.05) is 25.5 Å². The average molecular weight is 227 g/mol. The molecule has 1 fully saturated rings. The van der Waals surface area contributed by atoms with Crippen molar-refractivity contribution in [3.05, 3.63) is 11.1 Å². The Labute approximate surface area is 91.9 Å². The fraction of sp³-hybridized carbons (Fsp3) is 0.556. The first-order chi connectivity index (χ1) is 7.18. The molecule has 1 aliphatic rings. The van der Waals surface area contributed by atoms with Gasteiger partial charge in [0.15, 0.2) is 5.13 Å². The number of carbonyl (C=O) groups excluding carboxylic acids is 1. The summed E-state index contributed by atoms with van der Waals surface area (Å²) < 4.78 is 5.27. The first-order valence-corrected chi connectivity index (χ1v) is 5.66. The Morgan fingerprint density at radius 3 is 3.20 bits per heavy atom. The van der Waals surface area contributed by atoms with E-state index in [0.29, 0.717) is 30.6 Å². The number of aromatic nitrogens is 1. The fourth-order valence-corrected chi connectivity index (χ4v) is 2.10. The topological polar surface area (TPSA) is 68.5 Å². The Bertz CT molecular complexity index is 366. The second kappa shape index (κ2) is 4.16. The van der Waals surface area contributed by atoms with E-state index < -0.39 is 0 Å². The molecular weight excluding hydrogens is 214 g/mol. The van der Waals surface area contributed by atoms with Crippen LogP contribution in [0.15, 0.2) is 5.38 Å². The van der Waals surface area contributed by atoms with Gasteiger partial charge in [-0.05, 0) is 6.92 Å². The molecule has 1 saturated heterocycles. The molecule has 2 rings (SSSR count). The molecule has 1 aromatic heterocycles. The van der Waals surface area contributed by atoms with E-state index in [0.717, 1.165) is 0 Å². The summed E-state index contributed by atoms with van der Waals surface area (Å²) in [6, 6.07) is 0.106. The zero-order chi connectivity index (χ0) is 10.8. The molecule has 0 bridgehead atoms. The van der Waals surface area contributed by atoms with Gasteiger partial charge in [-0.1, -0.05) is 0 Å². The molecule has 0 spiro atoms. The van der Waals surface area contributed by atoms with E-state index in [1.54, 1.807) is 10.3 Å². The minimum absolute atomic E-state index is 0.0567. The molecule has 1 aliphatic heterocycles. The van der Waals surface area contributed by atoms with Gasteiger partial charge in [-0.3, -0.25) is 4.79 Å². The average Bonchev–Trinajstić information content (AvgIpc) is 2.65. The van der Waals surface area contributed by atoms with Crippen LogP contribution in [0.1, 0.15) is 17.4 Å². The van der Waals surface area contributed by atoms with Crippen LogP contribution < -0.4 is 5.73 Å². The molecule has 1 atom stereocenters. The lowest BCUT2D eigenvalue weighted by Crippen LogP contribution is -2.47. The maximum absolute atomic E-state index is 12.0. The number of thiazole rings is 1. The van der Waals surface area contributed by atoms with Gasteiger partial charge in [0.25, 0.3) is 5.91 Å². The van der Waals surface area contributed by atoms with Gasteiger partial charge in [0.1, 0.15) is 5.69 Å². The molecule has 1 unspecified atom stereocenters. The SMILES string of the molecule is CC1COCCN1C(=O)c1csc(N)n1. The summed E-state index contributed by atoms with van der Waals surface area (Å²) in [5.41, 5.74) is 5.93. The predicted octanol–water partition coefficient (Wildman–Crippen LogP) is 0.586. The monoisotopic (exact) mass is 227 g/mol. The fourth-order valence-electron chi connectivity index (χ4n) is 1.56. The summed E-state index contributed by atoms with van der Waals surface area (Å²) in [6.07, 6.45) is 0. The molecule has 2 heterocycles. The summed E-state index contributed by atoms with van der Waals surface area (Å²) in [4.78, 5) is 17.7. The molecule has 0 radical (unpaired) electrons. The number of nitrogens with two attached hydrogens (primary N) is 1. The smallest absolute Gasteiger partial charge is 0.273 e. The second-order valence-corrected chi connectivity index (χ2v) is 4.38. The van der Waals surface area contributed by atoms with E-state index >= 15 is 0 Å². The van der Waals surface area contributed by atoms with Crippen molar-refractivity contribution < 1.29 is 9.53 Å². The van der Waals surface area contributed by atoms with Crippen molar-refractivity contribution in [3.8, 4) is 0 Å². The lowest BCUT2D eigenvalue weighted by molar-refractivity contribution is 0.00332. The molecule has 82 valence electrons. The van der Waals surface area contributed by atoms with Crippen LogP contribution in [0.25, 0.3) is 0 Å². The number of carbonyl (C=O) groups is 1. The summed E-state index contributed by atoms with van der Waals surface area (Å²) in [5.74, 6) is -0.0567. The van der Waals surface area contributed by atoms with Crippen LogP contribution in [0.5, 0.6) is 0 Å². The van der Waals surface area contributed by atoms with Crippen LogP contribution in [0.2, 0.25) is 0 Å². The normalized spacial score (nSPS) is 21.7. The zero-order valence-electron chi connectivity index (χ0n) is 8.47. The quantitative estimate of drug-likeness (QED) is 0.762. The van der Waals surface area contributed by atoms with Crippen LogP contribution >= 0.6 is 11.3 Å². The maximum Gasteiger partial charge on any atom is 0.273 e. The Morgan fingerprint density at radius 1 is 1.80 bits per heavy atom. The van der Waals surface area contributed by atoms with Crippen LogP contribution in [-0.2, 0) is 4.74 Å². The van der Waals surface area contributed by atoms with Gasteiger partial charge >= 0.3 is 0 Å². The van der Waals surface area contributed by atoms with Gasteiger partial charge in [-0.15, -0.1) is 11.3 Å². The number of ether oxygens (including phenoxy) is 1. The highest BCUT2D eigenvalue weighted by Crippen LogP contribution is 2.16. The first kappa shape index (κ1) is 10.4. The number of nitrogens with zero attached hydrogens (tertiary/aromatic N) is 2. The molecular formula is C9H13N3O2S. The molecule has 0 aromatic carbocycles. The third kappa shape index (κ3) is 2.10. The molecule has 6 heteroatoms. The number of rotatable bonds is 1. The Morgan fingerprint density at radius 2 is 2.60 bits per heavy atom. The zero-order valence-corrected chi connectivity index (χ0v) is 9.29. The van der Waals surface area contributed by atoms with Gasteiger partial charge < -0.3 is 15.4 Å². The molecule has 2 N–H and O–H groups in total. The number of hydrogen-bond acceptors (Lipinski definition) is 5. The molecule has 1 aromatic rings. The molecule has 5 nitrogen and oxygen atoms in total. The largest absolute Gasteiger partial charge is 0.377 e. The van der Waals surface area contributed by atoms with E-state index in [1.807, 2.05) is 6.92 Å². The van der Waals surface area contributed by atoms with Gasteiger partial charge in [-0.2, -0.15) is 0 Å². The first-order valence-electron chi connectivity index (χ1n) is 4.78. The lowest BCUT2D eigenvalue weighted by atomic mass is 10.2. The van der Waals surface area contributed by atoms with E-state index in [9.17, 15) is 4.79 Å². The Balaban J connectivity index is 2.13. The highest BCUT2D eigenvalue weighted by Gasteiger charge is 2.26. The molecule has 0 aliphatic carbocycles. The Kier molecular flexibility index (Phi) is 2.88. The van der Waals surface area contributed by atoms with Crippen molar-refractivity contribution in [1.29, 1.82) is 0 Å². The van der Waals surface area contributed by atoms with Crippen molar-refractivity contribution in [2.24, 2.45) is 0 Å². The van der Waals surface area contributed by atoms with E-state index in [-0.39, 0.29) is 11.9 Å². The van der Waals surface area contributed by atoms with E-state index in [4.69, 9.17) is 10.5 Å². The summed E-state index contributed by atoms with van der Waals surface area (Å²) in [6.45, 7) is 3.77. The number of anilines is 1. The molecule has 1 amide bonds. The highest BCUT2D eigenvalue weighted by molar-refractivity contribution is 7.13. The van der Waals surface area contributed by atoms with Crippen LogP contribution in [0.3, 0.4) is 0 Å². The van der Waals surface area contributed by atoms with Crippen LogP contribution in [-0.4, -0.2) is 41.6 Å². The number of nitrogen functional groups attached to an aromatic ring is 1. The Hall–Kier alpha value is -1.14. The van der Waals surface area contributed by atoms with Crippen LogP contribution in [0, 0.1) is 0 Å². The number of amides is 1. The van der Waals surface area contributed by atoms with Crippen molar-refractivity contribution in [3.63, 3.8) is 0 Å². The highest BCUT2D eigenvalue weighted by atomic mass is 32.1. The molecule has 0 saturated carbocycles. The van der Waals surface area contributed by atoms with Gasteiger partial charge in [-0.25, -0.2) is 4.98 Å². The van der Waals surface area contributed by atoms with E-state index in [2.05, 4.69) is 4.98 Å². The van der Waals surface area contributed by atoms with Gasteiger partial charge in [0.05, 0.1) is 19.3 Å². The van der Waals surface area contributed by atoms with Crippen molar-refractivity contribution in [2.45, 2.75) is 13.0 Å². The second-order valence-electron chi connectivity index (χ2n) is 3.49. The van der Waals surface area contributed by atoms with Crippen molar-refractivity contribution in [1.82, 2.24) is 9.88 Å². The van der Waals surface area contributed by atoms with Crippen molar-refractivity contribution >= 4 is 22.4 Å². The summed E-state index contributed by atoms with van der Waals surface area (Å²) in [5, 5.41) is 2.12.